The molecular formula is C41H77N2O7P. The molecule has 1 amide bonds. The molecular weight excluding hydrogens is 663 g/mol. The summed E-state index contributed by atoms with van der Waals surface area (Å²) in [6.07, 6.45) is 34.4. The van der Waals surface area contributed by atoms with E-state index < -0.39 is 26.6 Å². The zero-order valence-corrected chi connectivity index (χ0v) is 34.2. The van der Waals surface area contributed by atoms with E-state index in [1.54, 1.807) is 12.2 Å². The Morgan fingerprint density at radius 2 is 1.24 bits per heavy atom. The molecule has 0 aromatic carbocycles. The van der Waals surface area contributed by atoms with Crippen LogP contribution in [0.5, 0.6) is 0 Å². The van der Waals surface area contributed by atoms with Crippen LogP contribution in [0.2, 0.25) is 0 Å². The summed E-state index contributed by atoms with van der Waals surface area (Å²) in [4.78, 5) is 36.9. The van der Waals surface area contributed by atoms with Crippen molar-refractivity contribution < 1.29 is 37.7 Å². The number of carbonyl (C=O) groups excluding carboxylic acids is 2. The van der Waals surface area contributed by atoms with Crippen LogP contribution < -0.4 is 10.2 Å². The highest BCUT2D eigenvalue weighted by molar-refractivity contribution is 7.45. The number of carbonyl (C=O) groups is 2. The number of aliphatic hydroxyl groups is 1. The van der Waals surface area contributed by atoms with Crippen molar-refractivity contribution in [1.29, 1.82) is 0 Å². The third kappa shape index (κ3) is 35.2. The lowest BCUT2D eigenvalue weighted by Crippen LogP contribution is -2.45. The Balaban J connectivity index is 4.58. The monoisotopic (exact) mass is 741 g/mol. The standard InChI is InChI=1S/C41H77N2O7P/c1-6-8-10-11-12-13-14-15-16-19-22-25-29-33-40(45)39(37-50-51(47,48)49-36-35-43(3,4)5)42-41(46)34-30-26-23-20-17-18-21-24-28-32-38(44)31-27-9-7-2/h21,24,28-29,32-33,39-40,45H,6-20,22-23,25-27,30-31,34-37H2,1-5H3,(H-,42,46,47,48)/b24-21-,32-28+,33-29+/t39-,40+/m0/s1. The van der Waals surface area contributed by atoms with Crippen molar-refractivity contribution in [2.75, 3.05) is 40.9 Å². The van der Waals surface area contributed by atoms with Crippen molar-refractivity contribution >= 4 is 19.5 Å². The molecule has 0 aliphatic heterocycles. The molecule has 0 spiro atoms. The second-order valence-electron chi connectivity index (χ2n) is 15.0. The van der Waals surface area contributed by atoms with Gasteiger partial charge in [-0.1, -0.05) is 141 Å². The Labute approximate surface area is 312 Å². The maximum atomic E-state index is 12.8. The first-order valence-corrected chi connectivity index (χ1v) is 21.8. The molecule has 0 radical (unpaired) electrons. The smallest absolute Gasteiger partial charge is 0.268 e. The first-order valence-electron chi connectivity index (χ1n) is 20.3. The summed E-state index contributed by atoms with van der Waals surface area (Å²) in [6.45, 7) is 4.43. The molecule has 0 bridgehead atoms. The summed E-state index contributed by atoms with van der Waals surface area (Å²) in [6, 6.07) is -0.914. The van der Waals surface area contributed by atoms with Crippen LogP contribution >= 0.6 is 7.82 Å². The molecule has 51 heavy (non-hydrogen) atoms. The number of phosphoric acid groups is 1. The molecule has 0 saturated carbocycles. The number of hydrogen-bond acceptors (Lipinski definition) is 7. The molecule has 0 heterocycles. The second-order valence-corrected chi connectivity index (χ2v) is 16.4. The molecule has 1 unspecified atom stereocenters. The van der Waals surface area contributed by atoms with Gasteiger partial charge in [-0.2, -0.15) is 0 Å². The Bertz CT molecular complexity index is 993. The Kier molecular flexibility index (Phi) is 32.0. The van der Waals surface area contributed by atoms with E-state index in [1.807, 2.05) is 39.4 Å². The normalized spacial score (nSPS) is 14.8. The Morgan fingerprint density at radius 3 is 1.82 bits per heavy atom. The minimum absolute atomic E-state index is 0.0176. The number of amides is 1. The van der Waals surface area contributed by atoms with Crippen LogP contribution in [0.3, 0.4) is 0 Å². The van der Waals surface area contributed by atoms with Crippen molar-refractivity contribution in [3.8, 4) is 0 Å². The van der Waals surface area contributed by atoms with Gasteiger partial charge in [-0.25, -0.2) is 0 Å². The molecule has 3 atom stereocenters. The fourth-order valence-electron chi connectivity index (χ4n) is 5.48. The zero-order chi connectivity index (χ0) is 38.1. The molecule has 298 valence electrons. The van der Waals surface area contributed by atoms with E-state index in [1.165, 1.54) is 57.8 Å². The van der Waals surface area contributed by atoms with E-state index in [2.05, 4.69) is 25.2 Å². The molecule has 0 aliphatic carbocycles. The topological polar surface area (TPSA) is 125 Å². The molecule has 0 rings (SSSR count). The lowest BCUT2D eigenvalue weighted by atomic mass is 10.0. The number of quaternary nitrogens is 1. The maximum Gasteiger partial charge on any atom is 0.268 e. The zero-order valence-electron chi connectivity index (χ0n) is 33.3. The molecule has 9 nitrogen and oxygen atoms in total. The number of unbranched alkanes of at least 4 members (excludes halogenated alkanes) is 18. The van der Waals surface area contributed by atoms with Crippen molar-refractivity contribution in [2.45, 2.75) is 174 Å². The summed E-state index contributed by atoms with van der Waals surface area (Å²) in [5, 5.41) is 13.7. The fraction of sp³-hybridized carbons (Fsp3) is 0.805. The average molecular weight is 741 g/mol. The van der Waals surface area contributed by atoms with E-state index in [9.17, 15) is 24.2 Å². The van der Waals surface area contributed by atoms with Gasteiger partial charge in [-0.05, 0) is 44.6 Å². The van der Waals surface area contributed by atoms with E-state index >= 15 is 0 Å². The summed E-state index contributed by atoms with van der Waals surface area (Å²) >= 11 is 0. The van der Waals surface area contributed by atoms with Crippen LogP contribution in [0.25, 0.3) is 0 Å². The van der Waals surface area contributed by atoms with Gasteiger partial charge in [0.25, 0.3) is 7.82 Å². The van der Waals surface area contributed by atoms with Crippen LogP contribution in [0.4, 0.5) is 0 Å². The average Bonchev–Trinajstić information content (AvgIpc) is 3.06. The van der Waals surface area contributed by atoms with Crippen LogP contribution in [0, 0.1) is 0 Å². The fourth-order valence-corrected chi connectivity index (χ4v) is 6.21. The SMILES string of the molecule is CCCCCCCCCCCCC/C=C/[C@@H](O)[C@H](COP(=O)([O-])OCC[N+](C)(C)C)NC(=O)CCCCCCC/C=C\C=C\C(=O)CCCCC. The number of likely N-dealkylation sites (N-methyl/N-ethyl adjacent to an activating group) is 1. The van der Waals surface area contributed by atoms with E-state index in [4.69, 9.17) is 9.05 Å². The molecule has 0 aliphatic rings. The highest BCUT2D eigenvalue weighted by Gasteiger charge is 2.23. The van der Waals surface area contributed by atoms with Crippen LogP contribution in [-0.2, 0) is 23.2 Å². The van der Waals surface area contributed by atoms with Crippen LogP contribution in [0.1, 0.15) is 162 Å². The number of nitrogens with zero attached hydrogens (tertiary/aromatic N) is 1. The number of ketones is 1. The maximum absolute atomic E-state index is 12.8. The predicted octanol–water partition coefficient (Wildman–Crippen LogP) is 9.29. The Hall–Kier alpha value is -1.61. The lowest BCUT2D eigenvalue weighted by Gasteiger charge is -2.29. The quantitative estimate of drug-likeness (QED) is 0.0164. The Morgan fingerprint density at radius 1 is 0.725 bits per heavy atom. The molecule has 0 fully saturated rings. The van der Waals surface area contributed by atoms with Gasteiger partial charge < -0.3 is 28.8 Å². The number of phosphoric ester groups is 1. The summed E-state index contributed by atoms with van der Waals surface area (Å²) in [7, 11) is 1.20. The van der Waals surface area contributed by atoms with Crippen molar-refractivity contribution in [1.82, 2.24) is 5.32 Å². The van der Waals surface area contributed by atoms with Crippen LogP contribution in [0.15, 0.2) is 36.5 Å². The van der Waals surface area contributed by atoms with E-state index in [0.29, 0.717) is 23.9 Å². The number of allylic oxidation sites excluding steroid dienone is 5. The van der Waals surface area contributed by atoms with Gasteiger partial charge in [0.2, 0.25) is 5.91 Å². The first kappa shape index (κ1) is 49.4. The molecule has 0 aromatic rings. The molecule has 0 aromatic heterocycles. The predicted molar refractivity (Wildman–Crippen MR) is 210 cm³/mol. The van der Waals surface area contributed by atoms with Gasteiger partial charge in [-0.15, -0.1) is 0 Å². The number of nitrogens with one attached hydrogen (secondary N) is 1. The summed E-state index contributed by atoms with van der Waals surface area (Å²) in [5.41, 5.74) is 0. The largest absolute Gasteiger partial charge is 0.756 e. The minimum Gasteiger partial charge on any atom is -0.756 e. The summed E-state index contributed by atoms with van der Waals surface area (Å²) in [5.74, 6) is -0.0608. The van der Waals surface area contributed by atoms with Crippen molar-refractivity contribution in [3.05, 3.63) is 36.5 Å². The van der Waals surface area contributed by atoms with Crippen LogP contribution in [-0.4, -0.2) is 74.3 Å². The third-order valence-electron chi connectivity index (χ3n) is 8.82. The van der Waals surface area contributed by atoms with Gasteiger partial charge in [0, 0.05) is 12.8 Å². The van der Waals surface area contributed by atoms with Gasteiger partial charge >= 0.3 is 0 Å². The van der Waals surface area contributed by atoms with Gasteiger partial charge in [0.1, 0.15) is 13.2 Å². The van der Waals surface area contributed by atoms with E-state index in [-0.39, 0.29) is 24.7 Å². The third-order valence-corrected chi connectivity index (χ3v) is 9.78. The van der Waals surface area contributed by atoms with Crippen molar-refractivity contribution in [3.63, 3.8) is 0 Å². The van der Waals surface area contributed by atoms with Gasteiger partial charge in [0.15, 0.2) is 5.78 Å². The summed E-state index contributed by atoms with van der Waals surface area (Å²) < 4.78 is 23.1. The number of rotatable bonds is 36. The van der Waals surface area contributed by atoms with Gasteiger partial charge in [-0.3, -0.25) is 14.2 Å². The highest BCUT2D eigenvalue weighted by Crippen LogP contribution is 2.38. The minimum atomic E-state index is -4.60. The van der Waals surface area contributed by atoms with E-state index in [0.717, 1.165) is 70.6 Å². The molecule has 0 saturated heterocycles. The highest BCUT2D eigenvalue weighted by atomic mass is 31.2. The first-order chi connectivity index (χ1) is 24.4. The number of aliphatic hydroxyl groups excluding tert-OH is 1. The molecule has 2 N–H and O–H groups in total. The second kappa shape index (κ2) is 33.0. The van der Waals surface area contributed by atoms with Crippen molar-refractivity contribution in [2.24, 2.45) is 0 Å². The lowest BCUT2D eigenvalue weighted by molar-refractivity contribution is -0.870. The number of hydrogen-bond donors (Lipinski definition) is 2. The van der Waals surface area contributed by atoms with Gasteiger partial charge in [0.05, 0.1) is 39.9 Å². The molecule has 10 heteroatoms.